The number of anilines is 1. The van der Waals surface area contributed by atoms with Crippen LogP contribution < -0.4 is 10.6 Å². The van der Waals surface area contributed by atoms with E-state index in [0.29, 0.717) is 6.04 Å². The van der Waals surface area contributed by atoms with Crippen LogP contribution in [0.4, 0.5) is 5.69 Å². The van der Waals surface area contributed by atoms with Crippen LogP contribution in [-0.2, 0) is 6.42 Å². The van der Waals surface area contributed by atoms with Crippen LogP contribution in [0.3, 0.4) is 0 Å². The molecule has 0 spiro atoms. The van der Waals surface area contributed by atoms with Gasteiger partial charge in [0.05, 0.1) is 0 Å². The topological polar surface area (TPSA) is 29.3 Å². The van der Waals surface area contributed by atoms with Crippen molar-refractivity contribution in [1.82, 2.24) is 0 Å². The third kappa shape index (κ3) is 3.74. The van der Waals surface area contributed by atoms with Crippen molar-refractivity contribution in [3.05, 3.63) is 29.8 Å². The number of rotatable bonds is 7. The fourth-order valence-electron chi connectivity index (χ4n) is 2.32. The van der Waals surface area contributed by atoms with Gasteiger partial charge in [-0.25, -0.2) is 0 Å². The predicted molar refractivity (Wildman–Crippen MR) is 79.0 cm³/mol. The molecule has 1 aromatic carbocycles. The average Bonchev–Trinajstić information content (AvgIpc) is 3.21. The lowest BCUT2D eigenvalue weighted by molar-refractivity contribution is 0.646. The summed E-state index contributed by atoms with van der Waals surface area (Å²) in [6, 6.07) is 9.28. The first-order valence-electron chi connectivity index (χ1n) is 7.32. The SMILES string of the molecule is CCC(N)Cc1ccc(N(CC)CC2CC2)cc1. The van der Waals surface area contributed by atoms with Crippen LogP contribution in [-0.4, -0.2) is 19.1 Å². The normalized spacial score (nSPS) is 16.6. The summed E-state index contributed by atoms with van der Waals surface area (Å²) < 4.78 is 0. The molecule has 100 valence electrons. The zero-order valence-electron chi connectivity index (χ0n) is 11.7. The highest BCUT2D eigenvalue weighted by Gasteiger charge is 2.23. The van der Waals surface area contributed by atoms with E-state index < -0.39 is 0 Å². The minimum atomic E-state index is 0.296. The fraction of sp³-hybridized carbons (Fsp3) is 0.625. The average molecular weight is 246 g/mol. The van der Waals surface area contributed by atoms with Crippen LogP contribution in [0.15, 0.2) is 24.3 Å². The van der Waals surface area contributed by atoms with E-state index in [9.17, 15) is 0 Å². The fourth-order valence-corrected chi connectivity index (χ4v) is 2.32. The second-order valence-corrected chi connectivity index (χ2v) is 5.52. The molecule has 2 N–H and O–H groups in total. The van der Waals surface area contributed by atoms with Crippen molar-refractivity contribution >= 4 is 5.69 Å². The van der Waals surface area contributed by atoms with Gasteiger partial charge in [0.15, 0.2) is 0 Å². The number of nitrogens with zero attached hydrogens (tertiary/aromatic N) is 1. The molecule has 0 radical (unpaired) electrons. The minimum Gasteiger partial charge on any atom is -0.372 e. The Kier molecular flexibility index (Phi) is 4.65. The second-order valence-electron chi connectivity index (χ2n) is 5.52. The molecule has 0 aromatic heterocycles. The summed E-state index contributed by atoms with van der Waals surface area (Å²) in [7, 11) is 0. The maximum atomic E-state index is 5.99. The highest BCUT2D eigenvalue weighted by Crippen LogP contribution is 2.31. The van der Waals surface area contributed by atoms with Crippen molar-refractivity contribution < 1.29 is 0 Å². The standard InChI is InChI=1S/C16H26N2/c1-3-15(17)11-13-7-9-16(10-8-13)18(4-2)12-14-5-6-14/h7-10,14-15H,3-6,11-12,17H2,1-2H3. The summed E-state index contributed by atoms with van der Waals surface area (Å²) in [5.74, 6) is 0.943. The van der Waals surface area contributed by atoms with E-state index in [1.807, 2.05) is 0 Å². The molecular formula is C16H26N2. The Bertz CT molecular complexity index is 354. The van der Waals surface area contributed by atoms with Gasteiger partial charge in [0, 0.05) is 24.8 Å². The van der Waals surface area contributed by atoms with E-state index >= 15 is 0 Å². The molecule has 2 rings (SSSR count). The Labute approximate surface area is 111 Å². The Hall–Kier alpha value is -1.02. The molecule has 1 fully saturated rings. The van der Waals surface area contributed by atoms with Crippen LogP contribution in [0.25, 0.3) is 0 Å². The van der Waals surface area contributed by atoms with Crippen LogP contribution >= 0.6 is 0 Å². The number of benzene rings is 1. The maximum Gasteiger partial charge on any atom is 0.0366 e. The van der Waals surface area contributed by atoms with Crippen molar-refractivity contribution in [1.29, 1.82) is 0 Å². The van der Waals surface area contributed by atoms with E-state index in [2.05, 4.69) is 43.0 Å². The summed E-state index contributed by atoms with van der Waals surface area (Å²) in [6.45, 7) is 6.71. The summed E-state index contributed by atoms with van der Waals surface area (Å²) in [4.78, 5) is 2.49. The lowest BCUT2D eigenvalue weighted by Gasteiger charge is -2.23. The maximum absolute atomic E-state index is 5.99. The van der Waals surface area contributed by atoms with Gasteiger partial charge in [0.2, 0.25) is 0 Å². The molecule has 1 unspecified atom stereocenters. The van der Waals surface area contributed by atoms with Crippen LogP contribution in [0.2, 0.25) is 0 Å². The van der Waals surface area contributed by atoms with Gasteiger partial charge in [-0.15, -0.1) is 0 Å². The number of hydrogen-bond donors (Lipinski definition) is 1. The van der Waals surface area contributed by atoms with Crippen molar-refractivity contribution in [3.8, 4) is 0 Å². The monoisotopic (exact) mass is 246 g/mol. The highest BCUT2D eigenvalue weighted by atomic mass is 15.1. The molecule has 1 saturated carbocycles. The Morgan fingerprint density at radius 3 is 2.39 bits per heavy atom. The smallest absolute Gasteiger partial charge is 0.0366 e. The first-order valence-corrected chi connectivity index (χ1v) is 7.32. The lowest BCUT2D eigenvalue weighted by atomic mass is 10.0. The molecule has 1 aliphatic carbocycles. The number of hydrogen-bond acceptors (Lipinski definition) is 2. The summed E-state index contributed by atoms with van der Waals surface area (Å²) in [5.41, 5.74) is 8.71. The first kappa shape index (κ1) is 13.4. The molecule has 0 heterocycles. The minimum absolute atomic E-state index is 0.296. The van der Waals surface area contributed by atoms with Gasteiger partial charge in [-0.2, -0.15) is 0 Å². The van der Waals surface area contributed by atoms with Crippen molar-refractivity contribution in [2.75, 3.05) is 18.0 Å². The van der Waals surface area contributed by atoms with Gasteiger partial charge in [-0.1, -0.05) is 19.1 Å². The van der Waals surface area contributed by atoms with Crippen molar-refractivity contribution in [3.63, 3.8) is 0 Å². The predicted octanol–water partition coefficient (Wildman–Crippen LogP) is 3.20. The number of nitrogens with two attached hydrogens (primary N) is 1. The van der Waals surface area contributed by atoms with Gasteiger partial charge in [-0.05, 0) is 56.2 Å². The molecule has 0 aliphatic heterocycles. The van der Waals surface area contributed by atoms with Gasteiger partial charge >= 0.3 is 0 Å². The Morgan fingerprint density at radius 2 is 1.89 bits per heavy atom. The van der Waals surface area contributed by atoms with Crippen molar-refractivity contribution in [2.24, 2.45) is 11.7 Å². The molecule has 0 saturated heterocycles. The largest absolute Gasteiger partial charge is 0.372 e. The van der Waals surface area contributed by atoms with Gasteiger partial charge in [0.25, 0.3) is 0 Å². The van der Waals surface area contributed by atoms with Gasteiger partial charge in [-0.3, -0.25) is 0 Å². The Morgan fingerprint density at radius 1 is 1.22 bits per heavy atom. The zero-order valence-corrected chi connectivity index (χ0v) is 11.7. The van der Waals surface area contributed by atoms with Crippen LogP contribution in [0, 0.1) is 5.92 Å². The van der Waals surface area contributed by atoms with E-state index in [1.165, 1.54) is 30.6 Å². The molecule has 2 nitrogen and oxygen atoms in total. The molecular weight excluding hydrogens is 220 g/mol. The van der Waals surface area contributed by atoms with E-state index in [0.717, 1.165) is 25.3 Å². The summed E-state index contributed by atoms with van der Waals surface area (Å²) in [5, 5.41) is 0. The third-order valence-electron chi connectivity index (χ3n) is 3.88. The molecule has 0 amide bonds. The molecule has 1 atom stereocenters. The summed E-state index contributed by atoms with van der Waals surface area (Å²) in [6.07, 6.45) is 4.87. The second kappa shape index (κ2) is 6.24. The van der Waals surface area contributed by atoms with E-state index in [-0.39, 0.29) is 0 Å². The summed E-state index contributed by atoms with van der Waals surface area (Å²) >= 11 is 0. The van der Waals surface area contributed by atoms with Crippen LogP contribution in [0.1, 0.15) is 38.7 Å². The molecule has 2 heteroatoms. The quantitative estimate of drug-likeness (QED) is 0.800. The molecule has 1 aromatic rings. The lowest BCUT2D eigenvalue weighted by Crippen LogP contribution is -2.25. The zero-order chi connectivity index (χ0) is 13.0. The van der Waals surface area contributed by atoms with Gasteiger partial charge in [0.1, 0.15) is 0 Å². The first-order chi connectivity index (χ1) is 8.72. The highest BCUT2D eigenvalue weighted by molar-refractivity contribution is 5.47. The van der Waals surface area contributed by atoms with E-state index in [1.54, 1.807) is 0 Å². The molecule has 18 heavy (non-hydrogen) atoms. The van der Waals surface area contributed by atoms with Crippen LogP contribution in [0.5, 0.6) is 0 Å². The Balaban J connectivity index is 1.96. The van der Waals surface area contributed by atoms with Crippen molar-refractivity contribution in [2.45, 2.75) is 45.6 Å². The molecule has 1 aliphatic rings. The third-order valence-corrected chi connectivity index (χ3v) is 3.88. The van der Waals surface area contributed by atoms with E-state index in [4.69, 9.17) is 5.73 Å². The molecule has 0 bridgehead atoms. The van der Waals surface area contributed by atoms with Gasteiger partial charge < -0.3 is 10.6 Å².